The molecule has 7 nitrogen and oxygen atoms in total. The molecule has 0 saturated carbocycles. The second-order valence-electron chi connectivity index (χ2n) is 10.5. The number of nitrogens with zero attached hydrogens (tertiary/aromatic N) is 6. The quantitative estimate of drug-likeness (QED) is 0.199. The first-order valence-corrected chi connectivity index (χ1v) is 16.2. The lowest BCUT2D eigenvalue weighted by molar-refractivity contribution is 0.863. The lowest BCUT2D eigenvalue weighted by Gasteiger charge is -2.15. The van der Waals surface area contributed by atoms with Crippen molar-refractivity contribution < 1.29 is 0 Å². The van der Waals surface area contributed by atoms with Crippen LogP contribution in [0.25, 0.3) is 33.4 Å². The van der Waals surface area contributed by atoms with Gasteiger partial charge in [0.25, 0.3) is 5.56 Å². The molecule has 5 aromatic rings. The van der Waals surface area contributed by atoms with E-state index in [1.54, 1.807) is 30.2 Å². The number of benzene rings is 2. The van der Waals surface area contributed by atoms with Gasteiger partial charge < -0.3 is 4.57 Å². The molecule has 7 heteroatoms. The van der Waals surface area contributed by atoms with Gasteiger partial charge in [0.2, 0.25) is 0 Å². The number of aromatic nitrogens is 5. The van der Waals surface area contributed by atoms with Crippen molar-refractivity contribution in [1.29, 1.82) is 5.26 Å². The van der Waals surface area contributed by atoms with Crippen LogP contribution in [0.5, 0.6) is 0 Å². The molecule has 3 heterocycles. The van der Waals surface area contributed by atoms with Gasteiger partial charge in [0.1, 0.15) is 5.82 Å². The molecule has 0 unspecified atom stereocenters. The molecular formula is C39H52N6O. The SMILES string of the molecule is CC.CC.CC.Cc1cc(C(C)C)c2cc(-c3cnc(-c4cnc(C)nc4C)nc3)n(C)c(=O)c2c1.Cc1ccc(C)c(C#N)c1. The van der Waals surface area contributed by atoms with E-state index < -0.39 is 0 Å². The zero-order valence-electron chi connectivity index (χ0n) is 30.4. The third kappa shape index (κ3) is 9.65. The summed E-state index contributed by atoms with van der Waals surface area (Å²) >= 11 is 0. The Morgan fingerprint density at radius 1 is 0.761 bits per heavy atom. The van der Waals surface area contributed by atoms with Gasteiger partial charge in [0.05, 0.1) is 28.6 Å². The van der Waals surface area contributed by atoms with Crippen molar-refractivity contribution in [2.75, 3.05) is 0 Å². The van der Waals surface area contributed by atoms with Crippen LogP contribution < -0.4 is 5.56 Å². The molecule has 0 spiro atoms. The van der Waals surface area contributed by atoms with Crippen molar-refractivity contribution in [3.8, 4) is 28.7 Å². The van der Waals surface area contributed by atoms with Crippen molar-refractivity contribution in [1.82, 2.24) is 24.5 Å². The minimum atomic E-state index is -0.0139. The number of hydrogen-bond acceptors (Lipinski definition) is 6. The topological polar surface area (TPSA) is 97.3 Å². The van der Waals surface area contributed by atoms with E-state index in [0.717, 1.165) is 61.4 Å². The molecule has 0 aliphatic rings. The Kier molecular flexibility index (Phi) is 16.2. The van der Waals surface area contributed by atoms with Crippen molar-refractivity contribution in [2.45, 2.75) is 95.9 Å². The largest absolute Gasteiger partial charge is 0.311 e. The number of nitriles is 1. The van der Waals surface area contributed by atoms with E-state index in [1.807, 2.05) is 100 Å². The van der Waals surface area contributed by atoms with Crippen molar-refractivity contribution in [2.24, 2.45) is 7.05 Å². The standard InChI is InChI=1S/C24H25N5O.C9H9N.3C2H6/c1-13(2)18-7-14(3)8-20-19(18)9-22(29(6)24(20)30)17-10-26-23(27-11-17)21-12-25-16(5)28-15(21)4;1-7-3-4-8(2)9(5-7)6-10;3*1-2/h7-13H,1-6H3;3-5H,1-2H3;3*1-2H3. The van der Waals surface area contributed by atoms with Gasteiger partial charge in [-0.1, -0.05) is 79.2 Å². The second-order valence-corrected chi connectivity index (χ2v) is 10.5. The van der Waals surface area contributed by atoms with Gasteiger partial charge in [-0.3, -0.25) is 4.79 Å². The van der Waals surface area contributed by atoms with E-state index >= 15 is 0 Å². The number of hydrogen-bond donors (Lipinski definition) is 0. The fraction of sp³-hybridized carbons (Fsp3) is 0.385. The summed E-state index contributed by atoms with van der Waals surface area (Å²) in [7, 11) is 1.79. The van der Waals surface area contributed by atoms with E-state index in [-0.39, 0.29) is 5.56 Å². The zero-order chi connectivity index (χ0) is 35.1. The van der Waals surface area contributed by atoms with Crippen LogP contribution >= 0.6 is 0 Å². The summed E-state index contributed by atoms with van der Waals surface area (Å²) in [5.74, 6) is 1.60. The van der Waals surface area contributed by atoms with Gasteiger partial charge in [-0.25, -0.2) is 19.9 Å². The average Bonchev–Trinajstić information content (AvgIpc) is 3.07. The van der Waals surface area contributed by atoms with E-state index in [1.165, 1.54) is 5.56 Å². The smallest absolute Gasteiger partial charge is 0.258 e. The Hall–Kier alpha value is -4.70. The molecular weight excluding hydrogens is 568 g/mol. The van der Waals surface area contributed by atoms with Crippen LogP contribution in [0.1, 0.15) is 101 Å². The number of rotatable bonds is 3. The van der Waals surface area contributed by atoms with E-state index in [2.05, 4.69) is 52.0 Å². The van der Waals surface area contributed by atoms with Gasteiger partial charge in [-0.05, 0) is 80.8 Å². The maximum Gasteiger partial charge on any atom is 0.258 e. The molecule has 3 aromatic heterocycles. The van der Waals surface area contributed by atoms with Crippen LogP contribution in [0.4, 0.5) is 0 Å². The third-order valence-corrected chi connectivity index (χ3v) is 6.96. The molecule has 0 amide bonds. The van der Waals surface area contributed by atoms with E-state index in [4.69, 9.17) is 5.26 Å². The number of pyridine rings is 1. The highest BCUT2D eigenvalue weighted by molar-refractivity contribution is 5.89. The summed E-state index contributed by atoms with van der Waals surface area (Å²) in [6.45, 7) is 26.0. The van der Waals surface area contributed by atoms with Crippen molar-refractivity contribution in [3.63, 3.8) is 0 Å². The molecule has 0 fully saturated rings. The molecule has 0 radical (unpaired) electrons. The molecule has 244 valence electrons. The molecule has 5 rings (SSSR count). The van der Waals surface area contributed by atoms with Crippen LogP contribution in [-0.4, -0.2) is 24.5 Å². The maximum atomic E-state index is 13.1. The molecule has 0 aliphatic heterocycles. The molecule has 0 atom stereocenters. The molecule has 0 bridgehead atoms. The van der Waals surface area contributed by atoms with Crippen LogP contribution in [-0.2, 0) is 7.05 Å². The molecule has 0 saturated heterocycles. The summed E-state index contributed by atoms with van der Waals surface area (Å²) in [4.78, 5) is 30.8. The predicted octanol–water partition coefficient (Wildman–Crippen LogP) is 9.75. The Morgan fingerprint density at radius 3 is 1.89 bits per heavy atom. The zero-order valence-corrected chi connectivity index (χ0v) is 30.4. The minimum absolute atomic E-state index is 0.0139. The Morgan fingerprint density at radius 2 is 1.37 bits per heavy atom. The Balaban J connectivity index is 0.000000554. The van der Waals surface area contributed by atoms with Gasteiger partial charge >= 0.3 is 0 Å². The van der Waals surface area contributed by atoms with Crippen LogP contribution in [0.15, 0.2) is 59.8 Å². The first-order valence-electron chi connectivity index (χ1n) is 16.2. The predicted molar refractivity (Wildman–Crippen MR) is 194 cm³/mol. The Bertz CT molecular complexity index is 1810. The monoisotopic (exact) mass is 620 g/mol. The first-order chi connectivity index (χ1) is 22.0. The van der Waals surface area contributed by atoms with E-state index in [9.17, 15) is 4.79 Å². The highest BCUT2D eigenvalue weighted by atomic mass is 16.1. The van der Waals surface area contributed by atoms with Crippen LogP contribution in [0.3, 0.4) is 0 Å². The van der Waals surface area contributed by atoms with Gasteiger partial charge in [-0.2, -0.15) is 5.26 Å². The van der Waals surface area contributed by atoms with Gasteiger partial charge in [0.15, 0.2) is 5.82 Å². The number of fused-ring (bicyclic) bond motifs is 1. The fourth-order valence-corrected chi connectivity index (χ4v) is 4.70. The lowest BCUT2D eigenvalue weighted by atomic mass is 9.93. The maximum absolute atomic E-state index is 13.1. The lowest BCUT2D eigenvalue weighted by Crippen LogP contribution is -2.19. The molecule has 46 heavy (non-hydrogen) atoms. The summed E-state index contributed by atoms with van der Waals surface area (Å²) in [6, 6.07) is 14.2. The summed E-state index contributed by atoms with van der Waals surface area (Å²) < 4.78 is 1.67. The van der Waals surface area contributed by atoms with Crippen molar-refractivity contribution in [3.05, 3.63) is 105 Å². The van der Waals surface area contributed by atoms with Crippen LogP contribution in [0, 0.1) is 45.9 Å². The average molecular weight is 621 g/mol. The fourth-order valence-electron chi connectivity index (χ4n) is 4.70. The normalized spacial score (nSPS) is 9.78. The first kappa shape index (κ1) is 39.3. The van der Waals surface area contributed by atoms with Crippen molar-refractivity contribution >= 4 is 10.8 Å². The molecule has 0 N–H and O–H groups in total. The molecule has 2 aromatic carbocycles. The third-order valence-electron chi connectivity index (χ3n) is 6.96. The summed E-state index contributed by atoms with van der Waals surface area (Å²) in [5, 5.41) is 10.3. The van der Waals surface area contributed by atoms with Crippen LogP contribution in [0.2, 0.25) is 0 Å². The minimum Gasteiger partial charge on any atom is -0.311 e. The summed E-state index contributed by atoms with van der Waals surface area (Å²) in [5.41, 5.74) is 8.45. The van der Waals surface area contributed by atoms with E-state index in [0.29, 0.717) is 11.7 Å². The van der Waals surface area contributed by atoms with Gasteiger partial charge in [0, 0.05) is 36.6 Å². The highest BCUT2D eigenvalue weighted by Crippen LogP contribution is 2.29. The van der Waals surface area contributed by atoms with Gasteiger partial charge in [-0.15, -0.1) is 0 Å². The Labute approximate surface area is 276 Å². The highest BCUT2D eigenvalue weighted by Gasteiger charge is 2.15. The molecule has 0 aliphatic carbocycles. The summed E-state index contributed by atoms with van der Waals surface area (Å²) in [6.07, 6.45) is 5.26. The number of aryl methyl sites for hydroxylation is 5. The second kappa shape index (κ2) is 19.0.